The largest absolute Gasteiger partial charge is 0.369 e. The molecule has 2 aliphatic rings. The maximum Gasteiger partial charge on any atom is 0.258 e. The number of piperazine rings is 1. The topological polar surface area (TPSA) is 60.9 Å². The van der Waals surface area contributed by atoms with Crippen molar-refractivity contribution in [3.63, 3.8) is 0 Å². The van der Waals surface area contributed by atoms with Gasteiger partial charge in [0, 0.05) is 49.7 Å². The number of anilines is 2. The third-order valence-electron chi connectivity index (χ3n) is 6.43. The Balaban J connectivity index is 1.34. The van der Waals surface area contributed by atoms with Gasteiger partial charge < -0.3 is 9.80 Å². The lowest BCUT2D eigenvalue weighted by molar-refractivity contribution is 0.0985. The van der Waals surface area contributed by atoms with Crippen LogP contribution in [0.15, 0.2) is 83.8 Å². The number of rotatable bonds is 4. The van der Waals surface area contributed by atoms with Gasteiger partial charge in [-0.2, -0.15) is 4.31 Å². The molecular weight excluding hydrogens is 434 g/mol. The summed E-state index contributed by atoms with van der Waals surface area (Å²) < 4.78 is 28.2. The summed E-state index contributed by atoms with van der Waals surface area (Å²) >= 11 is 0. The van der Waals surface area contributed by atoms with Gasteiger partial charge in [0.25, 0.3) is 5.91 Å². The average molecular weight is 462 g/mol. The van der Waals surface area contributed by atoms with Crippen LogP contribution < -0.4 is 9.80 Å². The molecule has 0 radical (unpaired) electrons. The van der Waals surface area contributed by atoms with Gasteiger partial charge in [-0.15, -0.1) is 0 Å². The van der Waals surface area contributed by atoms with Crippen LogP contribution in [0.5, 0.6) is 0 Å². The fourth-order valence-electron chi connectivity index (χ4n) is 4.66. The van der Waals surface area contributed by atoms with Gasteiger partial charge in [-0.05, 0) is 54.8 Å². The van der Waals surface area contributed by atoms with E-state index < -0.39 is 10.0 Å². The first-order valence-corrected chi connectivity index (χ1v) is 12.8. The van der Waals surface area contributed by atoms with Crippen molar-refractivity contribution in [1.29, 1.82) is 0 Å². The maximum absolute atomic E-state index is 13.4. The van der Waals surface area contributed by atoms with Crippen molar-refractivity contribution in [2.75, 3.05) is 42.5 Å². The molecule has 3 aromatic carbocycles. The third kappa shape index (κ3) is 4.26. The minimum Gasteiger partial charge on any atom is -0.369 e. The van der Waals surface area contributed by atoms with Crippen LogP contribution in [0.4, 0.5) is 11.4 Å². The van der Waals surface area contributed by atoms with Crippen LogP contribution in [0, 0.1) is 0 Å². The molecule has 2 aliphatic heterocycles. The summed E-state index contributed by atoms with van der Waals surface area (Å²) in [5, 5.41) is 0. The first-order valence-electron chi connectivity index (χ1n) is 11.3. The second kappa shape index (κ2) is 9.00. The molecule has 33 heavy (non-hydrogen) atoms. The number of aryl methyl sites for hydroxylation is 1. The molecule has 170 valence electrons. The molecule has 0 aliphatic carbocycles. The molecule has 1 amide bonds. The fourth-order valence-corrected chi connectivity index (χ4v) is 6.13. The predicted octanol–water partition coefficient (Wildman–Crippen LogP) is 3.79. The van der Waals surface area contributed by atoms with Crippen molar-refractivity contribution in [2.24, 2.45) is 0 Å². The van der Waals surface area contributed by atoms with Crippen LogP contribution in [-0.4, -0.2) is 51.4 Å². The van der Waals surface area contributed by atoms with Crippen LogP contribution >= 0.6 is 0 Å². The van der Waals surface area contributed by atoms with E-state index in [0.29, 0.717) is 38.3 Å². The number of hydrogen-bond donors (Lipinski definition) is 0. The molecule has 5 rings (SSSR count). The normalized spacial score (nSPS) is 17.0. The number of hydrogen-bond acceptors (Lipinski definition) is 4. The van der Waals surface area contributed by atoms with Gasteiger partial charge in [0.15, 0.2) is 0 Å². The Morgan fingerprint density at radius 2 is 1.48 bits per heavy atom. The smallest absolute Gasteiger partial charge is 0.258 e. The van der Waals surface area contributed by atoms with Gasteiger partial charge in [0.2, 0.25) is 10.0 Å². The van der Waals surface area contributed by atoms with Gasteiger partial charge in [-0.3, -0.25) is 4.79 Å². The molecule has 7 heteroatoms. The molecule has 0 bridgehead atoms. The standard InChI is InChI=1S/C26H27N3O3S/c30-26(29-15-7-10-21-8-4-5-14-25(21)29)22-9-6-13-24(20-22)33(31,32)28-18-16-27(17-19-28)23-11-2-1-3-12-23/h1-6,8-9,11-14,20H,7,10,15-19H2. The quantitative estimate of drug-likeness (QED) is 0.593. The SMILES string of the molecule is O=C(c1cccc(S(=O)(=O)N2CCN(c3ccccc3)CC2)c1)N1CCCc2ccccc21. The van der Waals surface area contributed by atoms with Crippen LogP contribution in [0.3, 0.4) is 0 Å². The Morgan fingerprint density at radius 1 is 0.758 bits per heavy atom. The van der Waals surface area contributed by atoms with E-state index in [0.717, 1.165) is 29.8 Å². The molecule has 2 heterocycles. The Hall–Kier alpha value is -3.16. The Labute approximate surface area is 195 Å². The maximum atomic E-state index is 13.4. The molecule has 0 unspecified atom stereocenters. The summed E-state index contributed by atoms with van der Waals surface area (Å²) in [6.45, 7) is 2.72. The van der Waals surface area contributed by atoms with Crippen molar-refractivity contribution >= 4 is 27.3 Å². The van der Waals surface area contributed by atoms with Gasteiger partial charge in [-0.1, -0.05) is 42.5 Å². The number of para-hydroxylation sites is 2. The van der Waals surface area contributed by atoms with Crippen LogP contribution in [0.1, 0.15) is 22.3 Å². The van der Waals surface area contributed by atoms with Crippen molar-refractivity contribution in [1.82, 2.24) is 4.31 Å². The number of nitrogens with zero attached hydrogens (tertiary/aromatic N) is 3. The number of amides is 1. The molecule has 3 aromatic rings. The highest BCUT2D eigenvalue weighted by molar-refractivity contribution is 7.89. The molecular formula is C26H27N3O3S. The van der Waals surface area contributed by atoms with Crippen LogP contribution in [0.2, 0.25) is 0 Å². The Kier molecular flexibility index (Phi) is 5.91. The summed E-state index contributed by atoms with van der Waals surface area (Å²) in [6.07, 6.45) is 1.84. The van der Waals surface area contributed by atoms with E-state index in [1.54, 1.807) is 23.1 Å². The third-order valence-corrected chi connectivity index (χ3v) is 8.33. The summed E-state index contributed by atoms with van der Waals surface area (Å²) in [4.78, 5) is 17.5. The van der Waals surface area contributed by atoms with Crippen molar-refractivity contribution in [3.8, 4) is 0 Å². The number of carbonyl (C=O) groups excluding carboxylic acids is 1. The summed E-state index contributed by atoms with van der Waals surface area (Å²) in [5.41, 5.74) is 3.57. The molecule has 6 nitrogen and oxygen atoms in total. The van der Waals surface area contributed by atoms with E-state index in [2.05, 4.69) is 4.90 Å². The van der Waals surface area contributed by atoms with E-state index in [4.69, 9.17) is 0 Å². The summed E-state index contributed by atoms with van der Waals surface area (Å²) in [6, 6.07) is 24.4. The van der Waals surface area contributed by atoms with E-state index in [9.17, 15) is 13.2 Å². The fraction of sp³-hybridized carbons (Fsp3) is 0.269. The molecule has 1 saturated heterocycles. The molecule has 0 saturated carbocycles. The van der Waals surface area contributed by atoms with E-state index >= 15 is 0 Å². The highest BCUT2D eigenvalue weighted by atomic mass is 32.2. The van der Waals surface area contributed by atoms with Gasteiger partial charge in [0.05, 0.1) is 4.90 Å². The highest BCUT2D eigenvalue weighted by Gasteiger charge is 2.30. The average Bonchev–Trinajstić information content (AvgIpc) is 2.88. The van der Waals surface area contributed by atoms with Crippen molar-refractivity contribution in [2.45, 2.75) is 17.7 Å². The lowest BCUT2D eigenvalue weighted by atomic mass is 10.0. The molecule has 0 spiro atoms. The van der Waals surface area contributed by atoms with E-state index in [-0.39, 0.29) is 10.8 Å². The van der Waals surface area contributed by atoms with E-state index in [1.807, 2.05) is 54.6 Å². The van der Waals surface area contributed by atoms with Crippen LogP contribution in [-0.2, 0) is 16.4 Å². The first kappa shape index (κ1) is 21.7. The first-order chi connectivity index (χ1) is 16.0. The lowest BCUT2D eigenvalue weighted by Gasteiger charge is -2.35. The van der Waals surface area contributed by atoms with Gasteiger partial charge >= 0.3 is 0 Å². The molecule has 0 aromatic heterocycles. The van der Waals surface area contributed by atoms with Gasteiger partial charge in [0.1, 0.15) is 0 Å². The summed E-state index contributed by atoms with van der Waals surface area (Å²) in [7, 11) is -3.68. The summed E-state index contributed by atoms with van der Waals surface area (Å²) in [5.74, 6) is -0.159. The zero-order valence-electron chi connectivity index (χ0n) is 18.4. The second-order valence-corrected chi connectivity index (χ2v) is 10.4. The van der Waals surface area contributed by atoms with Crippen molar-refractivity contribution < 1.29 is 13.2 Å². The van der Waals surface area contributed by atoms with Crippen LogP contribution in [0.25, 0.3) is 0 Å². The second-order valence-electron chi connectivity index (χ2n) is 8.44. The molecule has 0 N–H and O–H groups in total. The number of carbonyl (C=O) groups is 1. The predicted molar refractivity (Wildman–Crippen MR) is 130 cm³/mol. The lowest BCUT2D eigenvalue weighted by Crippen LogP contribution is -2.48. The van der Waals surface area contributed by atoms with Gasteiger partial charge in [-0.25, -0.2) is 8.42 Å². The molecule has 1 fully saturated rings. The number of fused-ring (bicyclic) bond motifs is 1. The Bertz CT molecular complexity index is 1250. The van der Waals surface area contributed by atoms with E-state index in [1.165, 1.54) is 10.4 Å². The number of sulfonamides is 1. The van der Waals surface area contributed by atoms with Crippen molar-refractivity contribution in [3.05, 3.63) is 90.0 Å². The molecule has 0 atom stereocenters. The highest BCUT2D eigenvalue weighted by Crippen LogP contribution is 2.29. The zero-order valence-corrected chi connectivity index (χ0v) is 19.2. The number of benzene rings is 3. The monoisotopic (exact) mass is 461 g/mol. The Morgan fingerprint density at radius 3 is 2.27 bits per heavy atom. The minimum atomic E-state index is -3.68. The minimum absolute atomic E-state index is 0.159. The zero-order chi connectivity index (χ0) is 22.8.